The van der Waals surface area contributed by atoms with Crippen molar-refractivity contribution >= 4 is 5.91 Å². The first-order valence-electron chi connectivity index (χ1n) is 7.27. The van der Waals surface area contributed by atoms with E-state index in [2.05, 4.69) is 20.4 Å². The monoisotopic (exact) mass is 279 g/mol. The molecule has 110 valence electrons. The second-order valence-electron chi connectivity index (χ2n) is 5.43. The summed E-state index contributed by atoms with van der Waals surface area (Å²) in [5, 5.41) is 7.20. The number of nitrogens with zero attached hydrogens (tertiary/aromatic N) is 4. The summed E-state index contributed by atoms with van der Waals surface area (Å²) in [4.78, 5) is 21.0. The largest absolute Gasteiger partial charge is 0.340 e. The van der Waals surface area contributed by atoms with Crippen molar-refractivity contribution in [3.8, 4) is 0 Å². The zero-order valence-electron chi connectivity index (χ0n) is 11.8. The number of rotatable bonds is 3. The van der Waals surface area contributed by atoms with Crippen LogP contribution in [-0.4, -0.2) is 64.6 Å². The molecule has 7 nitrogen and oxygen atoms in total. The number of carbonyl (C=O) groups excluding carboxylic acids is 1. The highest BCUT2D eigenvalue weighted by atomic mass is 16.5. The highest BCUT2D eigenvalue weighted by molar-refractivity contribution is 5.82. The van der Waals surface area contributed by atoms with Gasteiger partial charge in [0.1, 0.15) is 0 Å². The van der Waals surface area contributed by atoms with Crippen molar-refractivity contribution in [2.45, 2.75) is 32.4 Å². The average Bonchev–Trinajstić information content (AvgIpc) is 3.09. The summed E-state index contributed by atoms with van der Waals surface area (Å²) in [7, 11) is 0. The minimum atomic E-state index is -0.0214. The molecule has 1 aromatic heterocycles. The molecule has 3 rings (SSSR count). The maximum atomic E-state index is 12.6. The Labute approximate surface area is 118 Å². The van der Waals surface area contributed by atoms with E-state index in [1.165, 1.54) is 0 Å². The molecule has 3 heterocycles. The molecule has 20 heavy (non-hydrogen) atoms. The van der Waals surface area contributed by atoms with Crippen molar-refractivity contribution in [3.63, 3.8) is 0 Å². The number of aryl methyl sites for hydroxylation is 1. The second kappa shape index (κ2) is 5.88. The first-order valence-corrected chi connectivity index (χ1v) is 7.27. The molecule has 0 spiro atoms. The highest BCUT2D eigenvalue weighted by Crippen LogP contribution is 2.21. The predicted octanol–water partition coefficient (Wildman–Crippen LogP) is -0.226. The van der Waals surface area contributed by atoms with Gasteiger partial charge in [-0.05, 0) is 19.4 Å². The summed E-state index contributed by atoms with van der Waals surface area (Å²) in [6.45, 7) is 6.71. The van der Waals surface area contributed by atoms with E-state index < -0.39 is 0 Å². The fourth-order valence-electron chi connectivity index (χ4n) is 2.98. The van der Waals surface area contributed by atoms with Crippen molar-refractivity contribution < 1.29 is 9.32 Å². The van der Waals surface area contributed by atoms with Gasteiger partial charge in [0.05, 0.1) is 12.6 Å². The molecule has 0 bridgehead atoms. The van der Waals surface area contributed by atoms with Gasteiger partial charge < -0.3 is 14.7 Å². The molecule has 1 amide bonds. The summed E-state index contributed by atoms with van der Waals surface area (Å²) in [5.74, 6) is 1.50. The predicted molar refractivity (Wildman–Crippen MR) is 71.9 cm³/mol. The highest BCUT2D eigenvalue weighted by Gasteiger charge is 2.34. The Bertz CT molecular complexity index is 469. The van der Waals surface area contributed by atoms with Crippen molar-refractivity contribution in [1.82, 2.24) is 25.3 Å². The number of aromatic nitrogens is 2. The fourth-order valence-corrected chi connectivity index (χ4v) is 2.98. The lowest BCUT2D eigenvalue weighted by Crippen LogP contribution is -2.52. The van der Waals surface area contributed by atoms with Crippen molar-refractivity contribution in [3.05, 3.63) is 11.7 Å². The normalized spacial score (nSPS) is 24.2. The average molecular weight is 279 g/mol. The Kier molecular flexibility index (Phi) is 3.98. The summed E-state index contributed by atoms with van der Waals surface area (Å²) >= 11 is 0. The van der Waals surface area contributed by atoms with Gasteiger partial charge in [-0.2, -0.15) is 4.98 Å². The minimum Gasteiger partial charge on any atom is -0.340 e. The maximum Gasteiger partial charge on any atom is 0.240 e. The molecule has 0 saturated carbocycles. The van der Waals surface area contributed by atoms with Crippen LogP contribution in [0.3, 0.4) is 0 Å². The zero-order valence-corrected chi connectivity index (χ0v) is 11.8. The van der Waals surface area contributed by atoms with E-state index in [9.17, 15) is 4.79 Å². The van der Waals surface area contributed by atoms with Gasteiger partial charge in [-0.15, -0.1) is 0 Å². The van der Waals surface area contributed by atoms with Crippen LogP contribution in [0.1, 0.15) is 24.6 Å². The third-order valence-electron chi connectivity index (χ3n) is 3.99. The van der Waals surface area contributed by atoms with Gasteiger partial charge in [-0.25, -0.2) is 0 Å². The molecule has 2 saturated heterocycles. The molecule has 2 fully saturated rings. The van der Waals surface area contributed by atoms with Gasteiger partial charge >= 0.3 is 0 Å². The molecular weight excluding hydrogens is 258 g/mol. The van der Waals surface area contributed by atoms with Gasteiger partial charge in [0, 0.05) is 33.1 Å². The van der Waals surface area contributed by atoms with Crippen molar-refractivity contribution in [2.75, 3.05) is 32.7 Å². The summed E-state index contributed by atoms with van der Waals surface area (Å²) in [6.07, 6.45) is 1.99. The maximum absolute atomic E-state index is 12.6. The van der Waals surface area contributed by atoms with Crippen LogP contribution < -0.4 is 5.32 Å². The summed E-state index contributed by atoms with van der Waals surface area (Å²) in [6, 6.07) is -0.0214. The number of carbonyl (C=O) groups is 1. The van der Waals surface area contributed by atoms with Crippen LogP contribution >= 0.6 is 0 Å². The summed E-state index contributed by atoms with van der Waals surface area (Å²) < 4.78 is 5.00. The lowest BCUT2D eigenvalue weighted by atomic mass is 10.1. The molecule has 0 aromatic carbocycles. The molecule has 0 aliphatic carbocycles. The van der Waals surface area contributed by atoms with Gasteiger partial charge in [0.2, 0.25) is 11.8 Å². The Morgan fingerprint density at radius 3 is 2.90 bits per heavy atom. The lowest BCUT2D eigenvalue weighted by molar-refractivity contribution is -0.136. The number of piperazine rings is 1. The van der Waals surface area contributed by atoms with Crippen molar-refractivity contribution in [1.29, 1.82) is 0 Å². The second-order valence-corrected chi connectivity index (χ2v) is 5.43. The quantitative estimate of drug-likeness (QED) is 0.824. The Balaban J connectivity index is 1.63. The van der Waals surface area contributed by atoms with E-state index in [1.807, 2.05) is 4.90 Å². The smallest absolute Gasteiger partial charge is 0.240 e. The molecule has 2 aliphatic heterocycles. The number of nitrogens with one attached hydrogen (secondary N) is 1. The number of amides is 1. The van der Waals surface area contributed by atoms with Gasteiger partial charge in [-0.3, -0.25) is 9.69 Å². The molecule has 2 aliphatic rings. The van der Waals surface area contributed by atoms with Crippen LogP contribution in [0, 0.1) is 6.92 Å². The first-order chi connectivity index (χ1) is 9.74. The van der Waals surface area contributed by atoms with Crippen LogP contribution in [0.25, 0.3) is 0 Å². The number of likely N-dealkylation sites (tertiary alicyclic amines) is 1. The molecular formula is C13H21N5O2. The Morgan fingerprint density at radius 2 is 2.20 bits per heavy atom. The molecule has 1 N–H and O–H groups in total. The van der Waals surface area contributed by atoms with Crippen LogP contribution in [0.4, 0.5) is 0 Å². The van der Waals surface area contributed by atoms with E-state index in [4.69, 9.17) is 4.52 Å². The number of hydrogen-bond acceptors (Lipinski definition) is 6. The van der Waals surface area contributed by atoms with E-state index in [0.717, 1.165) is 45.6 Å². The van der Waals surface area contributed by atoms with Crippen molar-refractivity contribution in [2.24, 2.45) is 0 Å². The van der Waals surface area contributed by atoms with Gasteiger partial charge in [0.25, 0.3) is 0 Å². The Hall–Kier alpha value is -1.47. The van der Waals surface area contributed by atoms with E-state index in [0.29, 0.717) is 18.3 Å². The van der Waals surface area contributed by atoms with E-state index >= 15 is 0 Å². The zero-order chi connectivity index (χ0) is 13.9. The molecule has 7 heteroatoms. The Morgan fingerprint density at radius 1 is 1.40 bits per heavy atom. The molecule has 1 unspecified atom stereocenters. The lowest BCUT2D eigenvalue weighted by Gasteiger charge is -2.32. The topological polar surface area (TPSA) is 74.5 Å². The van der Waals surface area contributed by atoms with Gasteiger partial charge in [0.15, 0.2) is 5.82 Å². The van der Waals surface area contributed by atoms with Crippen LogP contribution in [0.5, 0.6) is 0 Å². The third kappa shape index (κ3) is 2.83. The minimum absolute atomic E-state index is 0.0214. The van der Waals surface area contributed by atoms with Crippen LogP contribution in [0.2, 0.25) is 0 Å². The molecule has 0 radical (unpaired) electrons. The molecule has 1 aromatic rings. The van der Waals surface area contributed by atoms with Crippen LogP contribution in [0.15, 0.2) is 4.52 Å². The third-order valence-corrected chi connectivity index (χ3v) is 3.99. The number of hydrogen-bond donors (Lipinski definition) is 1. The van der Waals surface area contributed by atoms with Gasteiger partial charge in [-0.1, -0.05) is 5.16 Å². The van der Waals surface area contributed by atoms with Crippen LogP contribution in [-0.2, 0) is 11.3 Å². The van der Waals surface area contributed by atoms with E-state index in [1.54, 1.807) is 6.92 Å². The fraction of sp³-hybridized carbons (Fsp3) is 0.769. The standard InChI is InChI=1S/C13H21N5O2/c1-10-15-12(16-20-10)9-18-6-2-3-11(18)13(19)17-7-4-14-5-8-17/h11,14H,2-9H2,1H3. The first kappa shape index (κ1) is 13.5. The van der Waals surface area contributed by atoms with E-state index in [-0.39, 0.29) is 11.9 Å². The molecule has 1 atom stereocenters. The summed E-state index contributed by atoms with van der Waals surface area (Å²) in [5.41, 5.74) is 0. The SMILES string of the molecule is Cc1nc(CN2CCCC2C(=O)N2CCNCC2)no1.